The molecule has 0 aliphatic carbocycles. The maximum absolute atomic E-state index is 7.62. The van der Waals surface area contributed by atoms with E-state index < -0.39 is 0 Å². The van der Waals surface area contributed by atoms with Crippen LogP contribution in [0.1, 0.15) is 0 Å². The Labute approximate surface area is 92.1 Å². The first-order valence-corrected chi connectivity index (χ1v) is 4.39. The van der Waals surface area contributed by atoms with Gasteiger partial charge in [-0.25, -0.2) is 0 Å². The molecule has 0 unspecified atom stereocenters. The second kappa shape index (κ2) is 29.3. The van der Waals surface area contributed by atoms with Crippen LogP contribution in [0.2, 0.25) is 0 Å². The van der Waals surface area contributed by atoms with Crippen molar-refractivity contribution in [3.63, 3.8) is 0 Å². The number of aliphatic hydroxyl groups excluding tert-OH is 2. The zero-order chi connectivity index (χ0) is 12.4. The molecule has 4 heteroatoms. The number of hydrogen-bond acceptors (Lipinski definition) is 4. The molecule has 0 saturated carbocycles. The van der Waals surface area contributed by atoms with Gasteiger partial charge < -0.3 is 19.7 Å². The first-order chi connectivity index (χ1) is 7.24. The molecule has 0 amide bonds. The molecule has 2 N–H and O–H groups in total. The van der Waals surface area contributed by atoms with Crippen LogP contribution in [0.25, 0.3) is 0 Å². The lowest BCUT2D eigenvalue weighted by atomic mass is 10.6. The average molecular weight is 218 g/mol. The van der Waals surface area contributed by atoms with E-state index in [1.54, 1.807) is 19.3 Å². The van der Waals surface area contributed by atoms with Gasteiger partial charge >= 0.3 is 0 Å². The Hall–Kier alpha value is -1.10. The molecule has 0 aromatic heterocycles. The van der Waals surface area contributed by atoms with Gasteiger partial charge in [-0.15, -0.1) is 13.2 Å². The van der Waals surface area contributed by atoms with E-state index in [4.69, 9.17) is 14.9 Å². The standard InChI is InChI=1S/C6H10O.C3H6O.C2H6O2/c1-3-5-7-6-4-2;1-3-4-2;3-1-2-4/h3-4H,1-2,5-6H2;3H,1H2,2H3;3-4H,1-2H2. The maximum Gasteiger partial charge on any atom is 0.0766 e. The van der Waals surface area contributed by atoms with E-state index in [9.17, 15) is 0 Å². The Morgan fingerprint density at radius 3 is 1.47 bits per heavy atom. The molecule has 0 radical (unpaired) electrons. The van der Waals surface area contributed by atoms with Gasteiger partial charge in [0.25, 0.3) is 0 Å². The summed E-state index contributed by atoms with van der Waals surface area (Å²) in [6, 6.07) is 0. The summed E-state index contributed by atoms with van der Waals surface area (Å²) in [4.78, 5) is 0. The lowest BCUT2D eigenvalue weighted by molar-refractivity contribution is 0.186. The molecule has 0 aromatic carbocycles. The average Bonchev–Trinajstić information content (AvgIpc) is 2.30. The molecule has 0 heterocycles. The first kappa shape index (κ1) is 19.5. The van der Waals surface area contributed by atoms with Crippen LogP contribution in [-0.4, -0.2) is 43.8 Å². The number of rotatable bonds is 6. The fraction of sp³-hybridized carbons (Fsp3) is 0.455. The summed E-state index contributed by atoms with van der Waals surface area (Å²) in [5.74, 6) is 0. The number of hydrogen-bond donors (Lipinski definition) is 2. The summed E-state index contributed by atoms with van der Waals surface area (Å²) in [6.45, 7) is 11.2. The fourth-order valence-corrected chi connectivity index (χ4v) is 0.235. The Balaban J connectivity index is -0.000000155. The monoisotopic (exact) mass is 218 g/mol. The van der Waals surface area contributed by atoms with Crippen LogP contribution in [0, 0.1) is 0 Å². The number of ether oxygens (including phenoxy) is 2. The smallest absolute Gasteiger partial charge is 0.0766 e. The highest BCUT2D eigenvalue weighted by Gasteiger charge is 1.70. The Kier molecular flexibility index (Phi) is 38.0. The lowest BCUT2D eigenvalue weighted by Gasteiger charge is -1.89. The number of aliphatic hydroxyl groups is 2. The van der Waals surface area contributed by atoms with Gasteiger partial charge in [-0.3, -0.25) is 0 Å². The summed E-state index contributed by atoms with van der Waals surface area (Å²) in [5, 5.41) is 15.2. The summed E-state index contributed by atoms with van der Waals surface area (Å²) in [6.07, 6.45) is 4.80. The van der Waals surface area contributed by atoms with Gasteiger partial charge in [0.05, 0.1) is 39.8 Å². The van der Waals surface area contributed by atoms with Gasteiger partial charge in [-0.1, -0.05) is 18.7 Å². The van der Waals surface area contributed by atoms with Crippen LogP contribution in [0.5, 0.6) is 0 Å². The number of methoxy groups -OCH3 is 1. The van der Waals surface area contributed by atoms with Crippen LogP contribution in [0.4, 0.5) is 0 Å². The summed E-state index contributed by atoms with van der Waals surface area (Å²) >= 11 is 0. The van der Waals surface area contributed by atoms with Gasteiger partial charge in [0.1, 0.15) is 0 Å². The lowest BCUT2D eigenvalue weighted by Crippen LogP contribution is -1.87. The highest BCUT2D eigenvalue weighted by molar-refractivity contribution is 4.68. The van der Waals surface area contributed by atoms with Crippen molar-refractivity contribution in [2.45, 2.75) is 0 Å². The van der Waals surface area contributed by atoms with Crippen LogP contribution in [-0.2, 0) is 9.47 Å². The molecule has 0 bridgehead atoms. The van der Waals surface area contributed by atoms with Crippen molar-refractivity contribution in [3.05, 3.63) is 38.2 Å². The predicted octanol–water partition coefficient (Wildman–Crippen LogP) is 1.12. The third-order valence-electron chi connectivity index (χ3n) is 0.738. The fourth-order valence-electron chi connectivity index (χ4n) is 0.235. The highest BCUT2D eigenvalue weighted by atomic mass is 16.5. The van der Waals surface area contributed by atoms with Crippen molar-refractivity contribution >= 4 is 0 Å². The van der Waals surface area contributed by atoms with E-state index in [2.05, 4.69) is 24.5 Å². The van der Waals surface area contributed by atoms with Gasteiger partial charge in [-0.05, 0) is 0 Å². The van der Waals surface area contributed by atoms with Crippen LogP contribution >= 0.6 is 0 Å². The zero-order valence-corrected chi connectivity index (χ0v) is 9.39. The van der Waals surface area contributed by atoms with Crippen LogP contribution in [0.3, 0.4) is 0 Å². The van der Waals surface area contributed by atoms with Crippen molar-refractivity contribution in [1.82, 2.24) is 0 Å². The topological polar surface area (TPSA) is 58.9 Å². The van der Waals surface area contributed by atoms with Gasteiger partial charge in [-0.2, -0.15) is 0 Å². The highest BCUT2D eigenvalue weighted by Crippen LogP contribution is 1.72. The predicted molar refractivity (Wildman–Crippen MR) is 62.6 cm³/mol. The molecule has 0 aromatic rings. The van der Waals surface area contributed by atoms with Crippen LogP contribution < -0.4 is 0 Å². The quantitative estimate of drug-likeness (QED) is 0.398. The van der Waals surface area contributed by atoms with Crippen molar-refractivity contribution in [3.8, 4) is 0 Å². The largest absolute Gasteiger partial charge is 0.505 e. The Morgan fingerprint density at radius 1 is 1.00 bits per heavy atom. The molecule has 0 fully saturated rings. The van der Waals surface area contributed by atoms with Gasteiger partial charge in [0.15, 0.2) is 0 Å². The SMILES string of the molecule is C=CCOCC=C.C=COC.OCCO. The first-order valence-electron chi connectivity index (χ1n) is 4.39. The minimum Gasteiger partial charge on any atom is -0.505 e. The van der Waals surface area contributed by atoms with E-state index in [0.717, 1.165) is 0 Å². The molecular formula is C11H22O4. The molecule has 4 nitrogen and oxygen atoms in total. The molecule has 90 valence electrons. The molecule has 0 aliphatic heterocycles. The summed E-state index contributed by atoms with van der Waals surface area (Å²) in [5.41, 5.74) is 0. The second-order valence-corrected chi connectivity index (χ2v) is 1.96. The molecule has 0 aliphatic rings. The molecule has 0 spiro atoms. The van der Waals surface area contributed by atoms with Crippen molar-refractivity contribution in [1.29, 1.82) is 0 Å². The Bertz CT molecular complexity index is 114. The summed E-state index contributed by atoms with van der Waals surface area (Å²) in [7, 11) is 1.56. The van der Waals surface area contributed by atoms with Gasteiger partial charge in [0, 0.05) is 0 Å². The van der Waals surface area contributed by atoms with E-state index in [1.165, 1.54) is 6.26 Å². The molecule has 0 atom stereocenters. The van der Waals surface area contributed by atoms with Crippen LogP contribution in [0.15, 0.2) is 38.2 Å². The maximum atomic E-state index is 7.62. The third-order valence-corrected chi connectivity index (χ3v) is 0.738. The minimum absolute atomic E-state index is 0.125. The zero-order valence-electron chi connectivity index (χ0n) is 9.39. The molecular weight excluding hydrogens is 196 g/mol. The molecule has 0 saturated heterocycles. The van der Waals surface area contributed by atoms with Crippen molar-refractivity contribution in [2.24, 2.45) is 0 Å². The van der Waals surface area contributed by atoms with E-state index in [-0.39, 0.29) is 13.2 Å². The van der Waals surface area contributed by atoms with E-state index in [0.29, 0.717) is 13.2 Å². The Morgan fingerprint density at radius 2 is 1.33 bits per heavy atom. The van der Waals surface area contributed by atoms with Crippen molar-refractivity contribution < 1.29 is 19.7 Å². The van der Waals surface area contributed by atoms with Gasteiger partial charge in [0.2, 0.25) is 0 Å². The van der Waals surface area contributed by atoms with E-state index in [1.807, 2.05) is 0 Å². The molecule has 15 heavy (non-hydrogen) atoms. The molecule has 0 rings (SSSR count). The van der Waals surface area contributed by atoms with Crippen molar-refractivity contribution in [2.75, 3.05) is 33.5 Å². The minimum atomic E-state index is -0.125. The third kappa shape index (κ3) is 63.8. The summed E-state index contributed by atoms with van der Waals surface area (Å²) < 4.78 is 9.20. The van der Waals surface area contributed by atoms with E-state index >= 15 is 0 Å². The second-order valence-electron chi connectivity index (χ2n) is 1.96. The normalized spacial score (nSPS) is 7.13.